The lowest BCUT2D eigenvalue weighted by molar-refractivity contribution is -0.384. The van der Waals surface area contributed by atoms with E-state index in [2.05, 4.69) is 27.5 Å². The number of nitro groups is 1. The van der Waals surface area contributed by atoms with E-state index in [4.69, 9.17) is 0 Å². The van der Waals surface area contributed by atoms with Gasteiger partial charge in [-0.1, -0.05) is 0 Å². The topological polar surface area (TPSA) is 63.5 Å². The van der Waals surface area contributed by atoms with Crippen LogP contribution in [-0.4, -0.2) is 24.3 Å². The fourth-order valence-electron chi connectivity index (χ4n) is 2.14. The van der Waals surface area contributed by atoms with Crippen LogP contribution in [-0.2, 0) is 4.79 Å². The van der Waals surface area contributed by atoms with Crippen molar-refractivity contribution in [1.82, 2.24) is 0 Å². The normalized spacial score (nSPS) is 16.6. The van der Waals surface area contributed by atoms with Crippen molar-refractivity contribution in [2.45, 2.75) is 12.8 Å². The van der Waals surface area contributed by atoms with Crippen LogP contribution >= 0.6 is 22.6 Å². The van der Waals surface area contributed by atoms with Crippen molar-refractivity contribution in [3.05, 3.63) is 31.9 Å². The molecule has 18 heavy (non-hydrogen) atoms. The molecule has 2 rings (SSSR count). The number of carbonyl (C=O) groups excluding carboxylic acids is 1. The summed E-state index contributed by atoms with van der Waals surface area (Å²) in [4.78, 5) is 23.2. The molecule has 1 aliphatic rings. The predicted octanol–water partition coefficient (Wildman–Crippen LogP) is 2.61. The highest BCUT2D eigenvalue weighted by molar-refractivity contribution is 14.1. The number of nitro benzene ring substituents is 1. The van der Waals surface area contributed by atoms with Gasteiger partial charge in [0.2, 0.25) is 0 Å². The summed E-state index contributed by atoms with van der Waals surface area (Å²) < 4.78 is 0.881. The Hall–Kier alpha value is -1.18. The predicted molar refractivity (Wildman–Crippen MR) is 76.8 cm³/mol. The maximum absolute atomic E-state index is 10.7. The average molecular weight is 360 g/mol. The number of nitrogens with zero attached hydrogens (tertiary/aromatic N) is 2. The van der Waals surface area contributed by atoms with Gasteiger partial charge in [-0.3, -0.25) is 10.1 Å². The van der Waals surface area contributed by atoms with E-state index >= 15 is 0 Å². The molecule has 0 N–H and O–H groups in total. The summed E-state index contributed by atoms with van der Waals surface area (Å²) in [5, 5.41) is 10.7. The smallest absolute Gasteiger partial charge is 0.270 e. The minimum Gasteiger partial charge on any atom is -0.371 e. The molecular weight excluding hydrogens is 347 g/mol. The maximum atomic E-state index is 10.7. The molecule has 1 saturated heterocycles. The van der Waals surface area contributed by atoms with E-state index in [0.717, 1.165) is 41.5 Å². The molecule has 0 aliphatic carbocycles. The third-order valence-electron chi connectivity index (χ3n) is 3.21. The molecule has 0 unspecified atom stereocenters. The third kappa shape index (κ3) is 2.80. The highest BCUT2D eigenvalue weighted by atomic mass is 127. The number of piperidine rings is 1. The van der Waals surface area contributed by atoms with Gasteiger partial charge in [0.05, 0.1) is 10.6 Å². The Morgan fingerprint density at radius 2 is 2.06 bits per heavy atom. The van der Waals surface area contributed by atoms with Crippen LogP contribution < -0.4 is 4.90 Å². The summed E-state index contributed by atoms with van der Waals surface area (Å²) in [5.74, 6) is 0.164. The number of benzene rings is 1. The third-order valence-corrected chi connectivity index (χ3v) is 4.08. The molecule has 1 fully saturated rings. The number of hydrogen-bond donors (Lipinski definition) is 0. The van der Waals surface area contributed by atoms with Gasteiger partial charge in [-0.2, -0.15) is 0 Å². The first kappa shape index (κ1) is 13.3. The number of rotatable bonds is 3. The van der Waals surface area contributed by atoms with Crippen molar-refractivity contribution >= 4 is 40.3 Å². The minimum atomic E-state index is -0.384. The average Bonchev–Trinajstić information content (AvgIpc) is 2.38. The molecule has 0 atom stereocenters. The summed E-state index contributed by atoms with van der Waals surface area (Å²) in [6.07, 6.45) is 2.74. The van der Waals surface area contributed by atoms with Crippen LogP contribution in [0.3, 0.4) is 0 Å². The molecule has 5 nitrogen and oxygen atoms in total. The second-order valence-corrected chi connectivity index (χ2v) is 5.52. The summed E-state index contributed by atoms with van der Waals surface area (Å²) in [6.45, 7) is 1.66. The van der Waals surface area contributed by atoms with Gasteiger partial charge in [0.1, 0.15) is 6.29 Å². The second kappa shape index (κ2) is 5.64. The van der Waals surface area contributed by atoms with E-state index in [0.29, 0.717) is 0 Å². The molecule has 1 aromatic rings. The molecule has 0 spiro atoms. The van der Waals surface area contributed by atoms with Crippen molar-refractivity contribution in [1.29, 1.82) is 0 Å². The van der Waals surface area contributed by atoms with Crippen molar-refractivity contribution in [2.75, 3.05) is 18.0 Å². The lowest BCUT2D eigenvalue weighted by Crippen LogP contribution is -2.34. The van der Waals surface area contributed by atoms with Crippen LogP contribution in [0, 0.1) is 19.6 Å². The zero-order valence-corrected chi connectivity index (χ0v) is 11.9. The standard InChI is InChI=1S/C12H13IN2O3/c13-11-7-10(15(17)18)1-2-12(11)14-5-3-9(8-16)4-6-14/h1-2,7-9H,3-6H2. The Morgan fingerprint density at radius 3 is 2.56 bits per heavy atom. The Bertz CT molecular complexity index is 470. The SMILES string of the molecule is O=CC1CCN(c2ccc([N+](=O)[O-])cc2I)CC1. The van der Waals surface area contributed by atoms with Gasteiger partial charge in [0.25, 0.3) is 5.69 Å². The van der Waals surface area contributed by atoms with E-state index < -0.39 is 0 Å². The maximum Gasteiger partial charge on any atom is 0.270 e. The van der Waals surface area contributed by atoms with Gasteiger partial charge in [0.15, 0.2) is 0 Å². The Balaban J connectivity index is 2.14. The van der Waals surface area contributed by atoms with E-state index in [-0.39, 0.29) is 16.5 Å². The fourth-order valence-corrected chi connectivity index (χ4v) is 2.98. The molecule has 0 aromatic heterocycles. The molecule has 0 bridgehead atoms. The molecule has 6 heteroatoms. The highest BCUT2D eigenvalue weighted by Crippen LogP contribution is 2.29. The molecule has 0 radical (unpaired) electrons. The lowest BCUT2D eigenvalue weighted by atomic mass is 9.98. The molecule has 1 heterocycles. The van der Waals surface area contributed by atoms with Crippen LogP contribution in [0.15, 0.2) is 18.2 Å². The number of hydrogen-bond acceptors (Lipinski definition) is 4. The molecule has 1 aromatic carbocycles. The summed E-state index contributed by atoms with van der Waals surface area (Å²) in [6, 6.07) is 4.91. The van der Waals surface area contributed by atoms with E-state index in [1.165, 1.54) is 6.07 Å². The Morgan fingerprint density at radius 1 is 1.39 bits per heavy atom. The van der Waals surface area contributed by atoms with E-state index in [9.17, 15) is 14.9 Å². The Kier molecular flexibility index (Phi) is 4.15. The van der Waals surface area contributed by atoms with Gasteiger partial charge < -0.3 is 9.69 Å². The van der Waals surface area contributed by atoms with E-state index in [1.807, 2.05) is 0 Å². The van der Waals surface area contributed by atoms with Crippen molar-refractivity contribution < 1.29 is 9.72 Å². The van der Waals surface area contributed by atoms with Crippen LogP contribution in [0.1, 0.15) is 12.8 Å². The van der Waals surface area contributed by atoms with Crippen LogP contribution in [0.25, 0.3) is 0 Å². The van der Waals surface area contributed by atoms with Gasteiger partial charge >= 0.3 is 0 Å². The monoisotopic (exact) mass is 360 g/mol. The summed E-state index contributed by atoms with van der Waals surface area (Å²) in [7, 11) is 0. The number of halogens is 1. The fraction of sp³-hybridized carbons (Fsp3) is 0.417. The first-order valence-electron chi connectivity index (χ1n) is 5.76. The first-order valence-corrected chi connectivity index (χ1v) is 6.84. The molecular formula is C12H13IN2O3. The van der Waals surface area contributed by atoms with Crippen molar-refractivity contribution in [3.8, 4) is 0 Å². The van der Waals surface area contributed by atoms with Gasteiger partial charge in [0, 0.05) is 34.7 Å². The highest BCUT2D eigenvalue weighted by Gasteiger charge is 2.21. The molecule has 0 amide bonds. The molecule has 0 saturated carbocycles. The van der Waals surface area contributed by atoms with Crippen molar-refractivity contribution in [3.63, 3.8) is 0 Å². The van der Waals surface area contributed by atoms with Gasteiger partial charge in [-0.25, -0.2) is 0 Å². The molecule has 96 valence electrons. The largest absolute Gasteiger partial charge is 0.371 e. The minimum absolute atomic E-state index is 0.117. The quantitative estimate of drug-likeness (QED) is 0.360. The zero-order chi connectivity index (χ0) is 13.1. The summed E-state index contributed by atoms with van der Waals surface area (Å²) >= 11 is 2.12. The molecule has 1 aliphatic heterocycles. The van der Waals surface area contributed by atoms with Crippen LogP contribution in [0.5, 0.6) is 0 Å². The number of anilines is 1. The van der Waals surface area contributed by atoms with Crippen LogP contribution in [0.4, 0.5) is 11.4 Å². The second-order valence-electron chi connectivity index (χ2n) is 4.35. The summed E-state index contributed by atoms with van der Waals surface area (Å²) in [5.41, 5.74) is 1.14. The first-order chi connectivity index (χ1) is 8.61. The van der Waals surface area contributed by atoms with Gasteiger partial charge in [-0.15, -0.1) is 0 Å². The number of aldehydes is 1. The number of non-ortho nitro benzene ring substituents is 1. The van der Waals surface area contributed by atoms with Crippen LogP contribution in [0.2, 0.25) is 0 Å². The Labute approximate surface area is 118 Å². The number of carbonyl (C=O) groups is 1. The zero-order valence-electron chi connectivity index (χ0n) is 9.71. The van der Waals surface area contributed by atoms with E-state index in [1.54, 1.807) is 12.1 Å². The van der Waals surface area contributed by atoms with Crippen molar-refractivity contribution in [2.24, 2.45) is 5.92 Å². The van der Waals surface area contributed by atoms with Gasteiger partial charge in [-0.05, 0) is 41.5 Å². The lowest BCUT2D eigenvalue weighted by Gasteiger charge is -2.32.